The molecule has 1 amide bonds. The molecule has 2 atom stereocenters. The fourth-order valence-electron chi connectivity index (χ4n) is 3.02. The Balaban J connectivity index is 1.65. The normalized spacial score (nSPS) is 19.4. The average molecular weight is 339 g/mol. The first-order valence-electron chi connectivity index (χ1n) is 8.47. The number of nitrogens with one attached hydrogen (secondary N) is 1. The van der Waals surface area contributed by atoms with E-state index in [4.69, 9.17) is 10.00 Å². The fraction of sp³-hybridized carbons (Fsp3) is 0.444. The SMILES string of the molecule is CCn1cc(O[C@@H]2CCC[C@@H]2NC(=O)c2cc(C)c(C#N)cn2)cn1. The van der Waals surface area contributed by atoms with Crippen molar-refractivity contribution in [2.75, 3.05) is 0 Å². The zero-order valence-corrected chi connectivity index (χ0v) is 14.4. The van der Waals surface area contributed by atoms with Gasteiger partial charge in [0.15, 0.2) is 5.75 Å². The molecule has 7 nitrogen and oxygen atoms in total. The first-order valence-corrected chi connectivity index (χ1v) is 8.47. The van der Waals surface area contributed by atoms with Crippen molar-refractivity contribution in [1.29, 1.82) is 5.26 Å². The molecule has 2 aromatic rings. The summed E-state index contributed by atoms with van der Waals surface area (Å²) in [6.45, 7) is 4.60. The highest BCUT2D eigenvalue weighted by molar-refractivity contribution is 5.92. The van der Waals surface area contributed by atoms with Crippen molar-refractivity contribution < 1.29 is 9.53 Å². The van der Waals surface area contributed by atoms with E-state index in [0.717, 1.165) is 37.1 Å². The van der Waals surface area contributed by atoms with E-state index in [1.54, 1.807) is 23.9 Å². The molecule has 1 aliphatic rings. The summed E-state index contributed by atoms with van der Waals surface area (Å²) in [5.41, 5.74) is 1.54. The number of amides is 1. The van der Waals surface area contributed by atoms with Gasteiger partial charge in [-0.2, -0.15) is 10.4 Å². The molecule has 1 aliphatic carbocycles. The van der Waals surface area contributed by atoms with Gasteiger partial charge < -0.3 is 10.1 Å². The Labute approximate surface area is 146 Å². The zero-order valence-electron chi connectivity index (χ0n) is 14.4. The maximum Gasteiger partial charge on any atom is 0.270 e. The van der Waals surface area contributed by atoms with Crippen LogP contribution in [-0.2, 0) is 6.54 Å². The van der Waals surface area contributed by atoms with Crippen LogP contribution in [0.15, 0.2) is 24.7 Å². The summed E-state index contributed by atoms with van der Waals surface area (Å²) in [6.07, 6.45) is 7.69. The molecule has 0 aliphatic heterocycles. The number of pyridine rings is 1. The van der Waals surface area contributed by atoms with Crippen molar-refractivity contribution in [1.82, 2.24) is 20.1 Å². The monoisotopic (exact) mass is 339 g/mol. The number of hydrogen-bond acceptors (Lipinski definition) is 5. The molecule has 2 aromatic heterocycles. The number of carbonyl (C=O) groups excluding carboxylic acids is 1. The summed E-state index contributed by atoms with van der Waals surface area (Å²) in [5, 5.41) is 16.2. The van der Waals surface area contributed by atoms with Crippen LogP contribution in [0.3, 0.4) is 0 Å². The third kappa shape index (κ3) is 3.79. The molecule has 3 rings (SSSR count). The Morgan fingerprint density at radius 3 is 3.00 bits per heavy atom. The van der Waals surface area contributed by atoms with Crippen molar-refractivity contribution in [3.63, 3.8) is 0 Å². The zero-order chi connectivity index (χ0) is 17.8. The topological polar surface area (TPSA) is 92.8 Å². The smallest absolute Gasteiger partial charge is 0.270 e. The highest BCUT2D eigenvalue weighted by Gasteiger charge is 2.31. The Kier molecular flexibility index (Phi) is 4.98. The summed E-state index contributed by atoms with van der Waals surface area (Å²) in [7, 11) is 0. The van der Waals surface area contributed by atoms with Gasteiger partial charge in [0.2, 0.25) is 0 Å². The molecule has 130 valence electrons. The van der Waals surface area contributed by atoms with Crippen LogP contribution in [0.4, 0.5) is 0 Å². The van der Waals surface area contributed by atoms with Crippen molar-refractivity contribution in [3.05, 3.63) is 41.5 Å². The largest absolute Gasteiger partial charge is 0.485 e. The lowest BCUT2D eigenvalue weighted by atomic mass is 10.1. The van der Waals surface area contributed by atoms with E-state index in [1.807, 2.05) is 13.1 Å². The van der Waals surface area contributed by atoms with Gasteiger partial charge in [-0.15, -0.1) is 0 Å². The van der Waals surface area contributed by atoms with Crippen molar-refractivity contribution in [2.45, 2.75) is 51.8 Å². The Morgan fingerprint density at radius 1 is 1.48 bits per heavy atom. The molecular weight excluding hydrogens is 318 g/mol. The molecule has 7 heteroatoms. The molecule has 0 aromatic carbocycles. The van der Waals surface area contributed by atoms with Crippen molar-refractivity contribution in [3.8, 4) is 11.8 Å². The van der Waals surface area contributed by atoms with E-state index < -0.39 is 0 Å². The molecule has 1 fully saturated rings. The lowest BCUT2D eigenvalue weighted by molar-refractivity contribution is 0.0889. The van der Waals surface area contributed by atoms with E-state index in [1.165, 1.54) is 6.20 Å². The minimum absolute atomic E-state index is 0.0600. The van der Waals surface area contributed by atoms with E-state index >= 15 is 0 Å². The van der Waals surface area contributed by atoms with E-state index in [-0.39, 0.29) is 18.1 Å². The first kappa shape index (κ1) is 17.0. The Morgan fingerprint density at radius 2 is 2.32 bits per heavy atom. The summed E-state index contributed by atoms with van der Waals surface area (Å²) in [5.74, 6) is 0.484. The van der Waals surface area contributed by atoms with Gasteiger partial charge in [-0.3, -0.25) is 9.48 Å². The number of nitriles is 1. The lowest BCUT2D eigenvalue weighted by Crippen LogP contribution is -2.42. The summed E-state index contributed by atoms with van der Waals surface area (Å²) < 4.78 is 7.81. The van der Waals surface area contributed by atoms with Crippen LogP contribution in [0.2, 0.25) is 0 Å². The molecular formula is C18H21N5O2. The highest BCUT2D eigenvalue weighted by atomic mass is 16.5. The van der Waals surface area contributed by atoms with Gasteiger partial charge in [0.05, 0.1) is 24.0 Å². The number of aromatic nitrogens is 3. The van der Waals surface area contributed by atoms with Crippen LogP contribution in [-0.4, -0.2) is 32.8 Å². The summed E-state index contributed by atoms with van der Waals surface area (Å²) in [6, 6.07) is 3.64. The van der Waals surface area contributed by atoms with Gasteiger partial charge >= 0.3 is 0 Å². The number of carbonyl (C=O) groups is 1. The quantitative estimate of drug-likeness (QED) is 0.901. The third-order valence-electron chi connectivity index (χ3n) is 4.45. The van der Waals surface area contributed by atoms with Crippen LogP contribution in [0, 0.1) is 18.3 Å². The maximum absolute atomic E-state index is 12.5. The van der Waals surface area contributed by atoms with Gasteiger partial charge in [-0.05, 0) is 44.7 Å². The van der Waals surface area contributed by atoms with E-state index in [9.17, 15) is 4.79 Å². The summed E-state index contributed by atoms with van der Waals surface area (Å²) >= 11 is 0. The number of ether oxygens (including phenoxy) is 1. The number of nitrogens with zero attached hydrogens (tertiary/aromatic N) is 4. The molecule has 1 N–H and O–H groups in total. The number of rotatable bonds is 5. The van der Waals surface area contributed by atoms with Gasteiger partial charge in [-0.1, -0.05) is 0 Å². The second-order valence-corrected chi connectivity index (χ2v) is 6.20. The summed E-state index contributed by atoms with van der Waals surface area (Å²) in [4.78, 5) is 16.6. The second kappa shape index (κ2) is 7.34. The van der Waals surface area contributed by atoms with Crippen molar-refractivity contribution >= 4 is 5.91 Å². The molecule has 0 bridgehead atoms. The van der Waals surface area contributed by atoms with Crippen LogP contribution in [0.1, 0.15) is 47.8 Å². The van der Waals surface area contributed by atoms with Crippen LogP contribution in [0.5, 0.6) is 5.75 Å². The highest BCUT2D eigenvalue weighted by Crippen LogP contribution is 2.25. The van der Waals surface area contributed by atoms with Gasteiger partial charge in [0.1, 0.15) is 17.9 Å². The van der Waals surface area contributed by atoms with Crippen LogP contribution < -0.4 is 10.1 Å². The molecule has 0 radical (unpaired) electrons. The fourth-order valence-corrected chi connectivity index (χ4v) is 3.02. The van der Waals surface area contributed by atoms with E-state index in [0.29, 0.717) is 11.3 Å². The Hall–Kier alpha value is -2.88. The minimum atomic E-state index is -0.239. The Bertz CT molecular complexity index is 808. The number of aryl methyl sites for hydroxylation is 2. The molecule has 1 saturated carbocycles. The third-order valence-corrected chi connectivity index (χ3v) is 4.45. The molecule has 0 spiro atoms. The van der Waals surface area contributed by atoms with Gasteiger partial charge in [0, 0.05) is 12.7 Å². The standard InChI is InChI=1S/C18H21N5O2/c1-3-23-11-14(10-21-23)25-17-6-4-5-15(17)22-18(24)16-7-12(2)13(8-19)9-20-16/h7,9-11,15,17H,3-6H2,1-2H3,(H,22,24)/t15-,17+/m0/s1. The maximum atomic E-state index is 12.5. The number of hydrogen-bond donors (Lipinski definition) is 1. The molecule has 0 unspecified atom stereocenters. The van der Waals surface area contributed by atoms with Gasteiger partial charge in [0.25, 0.3) is 5.91 Å². The average Bonchev–Trinajstić information content (AvgIpc) is 3.24. The first-order chi connectivity index (χ1) is 12.1. The van der Waals surface area contributed by atoms with Gasteiger partial charge in [-0.25, -0.2) is 4.98 Å². The van der Waals surface area contributed by atoms with Crippen LogP contribution >= 0.6 is 0 Å². The lowest BCUT2D eigenvalue weighted by Gasteiger charge is -2.21. The second-order valence-electron chi connectivity index (χ2n) is 6.20. The molecule has 0 saturated heterocycles. The predicted molar refractivity (Wildman–Crippen MR) is 91.1 cm³/mol. The van der Waals surface area contributed by atoms with Crippen LogP contribution in [0.25, 0.3) is 0 Å². The van der Waals surface area contributed by atoms with E-state index in [2.05, 4.69) is 21.5 Å². The minimum Gasteiger partial charge on any atom is -0.485 e. The van der Waals surface area contributed by atoms with Crippen molar-refractivity contribution in [2.24, 2.45) is 0 Å². The molecule has 2 heterocycles. The predicted octanol–water partition coefficient (Wildman–Crippen LogP) is 2.21. The molecule has 25 heavy (non-hydrogen) atoms.